The van der Waals surface area contributed by atoms with Crippen LogP contribution in [0.15, 0.2) is 58.8 Å². The van der Waals surface area contributed by atoms with E-state index >= 15 is 0 Å². The molecule has 5 heterocycles. The molecule has 4 aliphatic rings. The van der Waals surface area contributed by atoms with E-state index in [2.05, 4.69) is 36.1 Å². The maximum absolute atomic E-state index is 14.3. The Balaban J connectivity index is 0.993. The molecule has 13 nitrogen and oxygen atoms in total. The number of halogens is 1. The third kappa shape index (κ3) is 7.80. The number of likely N-dealkylation sites (tertiary alicyclic amines) is 1. The first-order chi connectivity index (χ1) is 23.9. The first-order valence-corrected chi connectivity index (χ1v) is 18.5. The Morgan fingerprint density at radius 1 is 1.22 bits per heavy atom. The van der Waals surface area contributed by atoms with Crippen molar-refractivity contribution in [3.8, 4) is 11.5 Å². The van der Waals surface area contributed by atoms with Crippen LogP contribution in [0.2, 0.25) is 0 Å². The standard InChI is InChI=1S/C35H44FN7O6S/c1-5-43(23(2)3)34(45)29-15-25(36)6-9-30(29)49-31-17-37-22-39-32(31)42-20-35(21-42)10-12-41(13-11-35)18-27-8-7-26(19-48-27)40-50(46,47)28-14-24(4)33(44)38-16-28/h6,9,14-17,22-23,26-27,40H,4-5,7-8,10-13,18-21H2,1-3H3/t26-,27+/m1/s1. The smallest absolute Gasteiger partial charge is 0.276 e. The molecule has 268 valence electrons. The van der Waals surface area contributed by atoms with Gasteiger partial charge in [0, 0.05) is 49.3 Å². The molecule has 15 heteroatoms. The lowest BCUT2D eigenvalue weighted by atomic mass is 9.72. The average Bonchev–Trinajstić information content (AvgIpc) is 3.07. The number of allylic oxidation sites excluding steroid dienone is 1. The van der Waals surface area contributed by atoms with Crippen LogP contribution in [0, 0.1) is 11.2 Å². The highest BCUT2D eigenvalue weighted by Gasteiger charge is 2.46. The molecule has 0 saturated carbocycles. The number of piperidine rings is 1. The van der Waals surface area contributed by atoms with Crippen molar-refractivity contribution in [1.82, 2.24) is 24.5 Å². The molecule has 2 atom stereocenters. The molecular weight excluding hydrogens is 665 g/mol. The van der Waals surface area contributed by atoms with Gasteiger partial charge in [0.2, 0.25) is 10.0 Å². The third-order valence-corrected chi connectivity index (χ3v) is 11.4. The van der Waals surface area contributed by atoms with Crippen LogP contribution in [0.4, 0.5) is 10.2 Å². The number of hydrogen-bond acceptors (Lipinski definition) is 10. The van der Waals surface area contributed by atoms with Crippen molar-refractivity contribution < 1.29 is 31.9 Å². The molecule has 1 aromatic heterocycles. The number of benzene rings is 1. The Bertz CT molecular complexity index is 1790. The number of anilines is 1. The normalized spacial score (nSPS) is 22.4. The lowest BCUT2D eigenvalue weighted by Gasteiger charge is -2.54. The minimum atomic E-state index is -3.84. The number of ether oxygens (including phenoxy) is 2. The fraction of sp³-hybridized carbons (Fsp3) is 0.514. The molecule has 6 rings (SSSR count). The summed E-state index contributed by atoms with van der Waals surface area (Å²) in [6.07, 6.45) is 8.77. The minimum Gasteiger partial charge on any atom is -0.451 e. The van der Waals surface area contributed by atoms with Crippen molar-refractivity contribution in [2.45, 2.75) is 64.6 Å². The Kier molecular flexibility index (Phi) is 10.5. The van der Waals surface area contributed by atoms with Crippen LogP contribution in [0.5, 0.6) is 11.5 Å². The largest absolute Gasteiger partial charge is 0.451 e. The number of aliphatic imine (C=N–C) groups is 1. The molecule has 4 aliphatic heterocycles. The highest BCUT2D eigenvalue weighted by molar-refractivity contribution is 7.94. The summed E-state index contributed by atoms with van der Waals surface area (Å²) in [6, 6.07) is 3.54. The monoisotopic (exact) mass is 709 g/mol. The number of dihydropyridines is 1. The van der Waals surface area contributed by atoms with Crippen LogP contribution < -0.4 is 14.4 Å². The summed E-state index contributed by atoms with van der Waals surface area (Å²) in [6.45, 7) is 14.3. The van der Waals surface area contributed by atoms with Gasteiger partial charge >= 0.3 is 0 Å². The summed E-state index contributed by atoms with van der Waals surface area (Å²) in [5, 5.41) is 0. The van der Waals surface area contributed by atoms with E-state index in [1.165, 1.54) is 30.6 Å². The molecular formula is C35H44FN7O6S. The summed E-state index contributed by atoms with van der Waals surface area (Å²) in [5.74, 6) is -0.0652. The summed E-state index contributed by atoms with van der Waals surface area (Å²) in [4.78, 5) is 43.3. The SMILES string of the molecule is C=C1C=C(S(=O)(=O)N[C@@H]2CC[C@@H](CN3CCC4(CC3)CN(c3ncncc3Oc3ccc(F)cc3C(=O)N(CC)C(C)C)C4)OC2)C=NC1=O. The quantitative estimate of drug-likeness (QED) is 0.343. The number of amides is 2. The molecule has 1 spiro atoms. The summed E-state index contributed by atoms with van der Waals surface area (Å²) in [7, 11) is -3.84. The molecule has 0 bridgehead atoms. The fourth-order valence-corrected chi connectivity index (χ4v) is 8.32. The van der Waals surface area contributed by atoms with Crippen LogP contribution in [-0.2, 0) is 19.6 Å². The molecule has 50 heavy (non-hydrogen) atoms. The maximum Gasteiger partial charge on any atom is 0.276 e. The van der Waals surface area contributed by atoms with Crippen LogP contribution in [0.1, 0.15) is 56.8 Å². The van der Waals surface area contributed by atoms with Crippen molar-refractivity contribution in [2.75, 3.05) is 50.8 Å². The number of carbonyl (C=O) groups excluding carboxylic acids is 2. The molecule has 0 radical (unpaired) electrons. The van der Waals surface area contributed by atoms with E-state index in [1.807, 2.05) is 20.8 Å². The summed E-state index contributed by atoms with van der Waals surface area (Å²) >= 11 is 0. The van der Waals surface area contributed by atoms with E-state index in [0.29, 0.717) is 24.5 Å². The zero-order valence-corrected chi connectivity index (χ0v) is 29.5. The Morgan fingerprint density at radius 2 is 1.98 bits per heavy atom. The molecule has 3 saturated heterocycles. The van der Waals surface area contributed by atoms with E-state index in [4.69, 9.17) is 9.47 Å². The highest BCUT2D eigenvalue weighted by atomic mass is 32.2. The third-order valence-electron chi connectivity index (χ3n) is 9.91. The average molecular weight is 710 g/mol. The molecule has 2 aromatic rings. The molecule has 1 aromatic carbocycles. The maximum atomic E-state index is 14.3. The van der Waals surface area contributed by atoms with Crippen LogP contribution >= 0.6 is 0 Å². The zero-order chi connectivity index (χ0) is 35.6. The lowest BCUT2D eigenvalue weighted by molar-refractivity contribution is -0.114. The minimum absolute atomic E-state index is 0.0180. The van der Waals surface area contributed by atoms with E-state index in [1.54, 1.807) is 11.1 Å². The first kappa shape index (κ1) is 35.8. The summed E-state index contributed by atoms with van der Waals surface area (Å²) < 4.78 is 54.8. The van der Waals surface area contributed by atoms with Crippen LogP contribution in [-0.4, -0.2) is 110 Å². The molecule has 0 unspecified atom stereocenters. The second-order valence-corrected chi connectivity index (χ2v) is 15.5. The van der Waals surface area contributed by atoms with Crippen molar-refractivity contribution in [3.63, 3.8) is 0 Å². The second kappa shape index (κ2) is 14.7. The molecule has 0 aliphatic carbocycles. The van der Waals surface area contributed by atoms with Gasteiger partial charge in [-0.15, -0.1) is 0 Å². The number of nitrogens with zero attached hydrogens (tertiary/aromatic N) is 6. The van der Waals surface area contributed by atoms with Gasteiger partial charge in [0.25, 0.3) is 11.8 Å². The number of hydrogen-bond donors (Lipinski definition) is 1. The van der Waals surface area contributed by atoms with Gasteiger partial charge in [0.1, 0.15) is 22.8 Å². The molecule has 2 amide bonds. The molecule has 3 fully saturated rings. The van der Waals surface area contributed by atoms with Crippen molar-refractivity contribution in [2.24, 2.45) is 10.4 Å². The van der Waals surface area contributed by atoms with Gasteiger partial charge in [-0.2, -0.15) is 0 Å². The van der Waals surface area contributed by atoms with Crippen molar-refractivity contribution in [3.05, 3.63) is 65.2 Å². The van der Waals surface area contributed by atoms with E-state index < -0.39 is 21.7 Å². The van der Waals surface area contributed by atoms with E-state index in [9.17, 15) is 22.4 Å². The predicted molar refractivity (Wildman–Crippen MR) is 186 cm³/mol. The summed E-state index contributed by atoms with van der Waals surface area (Å²) in [5.41, 5.74) is 0.339. The highest BCUT2D eigenvalue weighted by Crippen LogP contribution is 2.45. The van der Waals surface area contributed by atoms with E-state index in [0.717, 1.165) is 58.2 Å². The Morgan fingerprint density at radius 3 is 2.64 bits per heavy atom. The number of sulfonamides is 1. The van der Waals surface area contributed by atoms with E-state index in [-0.39, 0.29) is 57.9 Å². The van der Waals surface area contributed by atoms with Gasteiger partial charge in [-0.25, -0.2) is 32.5 Å². The second-order valence-electron chi connectivity index (χ2n) is 13.8. The number of carbonyl (C=O) groups is 2. The van der Waals surface area contributed by atoms with Gasteiger partial charge in [-0.3, -0.25) is 9.59 Å². The van der Waals surface area contributed by atoms with Gasteiger partial charge in [0.15, 0.2) is 11.6 Å². The fourth-order valence-electron chi connectivity index (χ4n) is 7.08. The number of rotatable bonds is 11. The van der Waals surface area contributed by atoms with Gasteiger partial charge in [-0.1, -0.05) is 6.58 Å². The molecule has 1 N–H and O–H groups in total. The predicted octanol–water partition coefficient (Wildman–Crippen LogP) is 3.70. The van der Waals surface area contributed by atoms with Gasteiger partial charge < -0.3 is 24.2 Å². The van der Waals surface area contributed by atoms with Crippen LogP contribution in [0.25, 0.3) is 0 Å². The Labute approximate surface area is 292 Å². The van der Waals surface area contributed by atoms with Crippen molar-refractivity contribution >= 4 is 33.9 Å². The topological polar surface area (TPSA) is 147 Å². The number of aromatic nitrogens is 2. The van der Waals surface area contributed by atoms with Crippen molar-refractivity contribution in [1.29, 1.82) is 0 Å². The first-order valence-electron chi connectivity index (χ1n) is 17.0. The number of nitrogens with one attached hydrogen (secondary N) is 1. The van der Waals surface area contributed by atoms with Crippen LogP contribution in [0.3, 0.4) is 0 Å². The lowest BCUT2D eigenvalue weighted by Crippen LogP contribution is -2.61. The zero-order valence-electron chi connectivity index (χ0n) is 28.7. The van der Waals surface area contributed by atoms with Gasteiger partial charge in [0.05, 0.1) is 30.7 Å². The Hall–Kier alpha value is -4.05. The van der Waals surface area contributed by atoms with Gasteiger partial charge in [-0.05, 0) is 83.8 Å².